The maximum Gasteiger partial charge on any atom is 0.160 e. The average molecular weight is 560 g/mol. The lowest BCUT2D eigenvalue weighted by Crippen LogP contribution is -1.99. The molecule has 3 heteroatoms. The van der Waals surface area contributed by atoms with Crippen molar-refractivity contribution in [2.75, 3.05) is 7.05 Å². The molecule has 212 valence electrons. The van der Waals surface area contributed by atoms with Gasteiger partial charge in [0.1, 0.15) is 0 Å². The molecule has 0 spiro atoms. The molecule has 0 aliphatic carbocycles. The second-order valence-corrected chi connectivity index (χ2v) is 10.8. The number of aromatic nitrogens is 2. The van der Waals surface area contributed by atoms with Gasteiger partial charge in [0.2, 0.25) is 0 Å². The maximum absolute atomic E-state index is 4.97. The van der Waals surface area contributed by atoms with Gasteiger partial charge in [0.05, 0.1) is 5.69 Å². The lowest BCUT2D eigenvalue weighted by atomic mass is 9.98. The molecule has 0 fully saturated rings. The second-order valence-electron chi connectivity index (χ2n) is 10.8. The van der Waals surface area contributed by atoms with Crippen LogP contribution in [0.5, 0.6) is 0 Å². The molecular formula is C40H37N3. The monoisotopic (exact) mass is 559 g/mol. The van der Waals surface area contributed by atoms with Gasteiger partial charge in [0.15, 0.2) is 5.82 Å². The Morgan fingerprint density at radius 3 is 2.12 bits per heavy atom. The number of benzene rings is 4. The van der Waals surface area contributed by atoms with Gasteiger partial charge in [0, 0.05) is 36.0 Å². The van der Waals surface area contributed by atoms with E-state index >= 15 is 0 Å². The number of aliphatic imine (C=N–C) groups is 1. The highest BCUT2D eigenvalue weighted by Gasteiger charge is 2.10. The summed E-state index contributed by atoms with van der Waals surface area (Å²) in [6.07, 6.45) is 7.08. The molecule has 0 aliphatic rings. The average Bonchev–Trinajstić information content (AvgIpc) is 3.04. The number of hydrogen-bond donors (Lipinski definition) is 0. The van der Waals surface area contributed by atoms with Crippen LogP contribution in [0.25, 0.3) is 39.9 Å². The largest absolute Gasteiger partial charge is 0.293 e. The lowest BCUT2D eigenvalue weighted by molar-refractivity contribution is 1.04. The fraction of sp³-hybridized carbons (Fsp3) is 0.125. The normalized spacial score (nSPS) is 12.1. The van der Waals surface area contributed by atoms with Crippen LogP contribution >= 0.6 is 0 Å². The third-order valence-electron chi connectivity index (χ3n) is 7.56. The van der Waals surface area contributed by atoms with Crippen LogP contribution in [0, 0.1) is 6.92 Å². The molecule has 0 radical (unpaired) electrons. The predicted octanol–water partition coefficient (Wildman–Crippen LogP) is 9.93. The van der Waals surface area contributed by atoms with Crippen LogP contribution in [0.4, 0.5) is 0 Å². The zero-order chi connectivity index (χ0) is 30.2. The zero-order valence-electron chi connectivity index (χ0n) is 25.4. The van der Waals surface area contributed by atoms with Crippen LogP contribution in [0.2, 0.25) is 0 Å². The van der Waals surface area contributed by atoms with Crippen molar-refractivity contribution in [1.29, 1.82) is 0 Å². The van der Waals surface area contributed by atoms with Gasteiger partial charge in [-0.25, -0.2) is 9.97 Å². The molecule has 5 rings (SSSR count). The van der Waals surface area contributed by atoms with Gasteiger partial charge in [-0.2, -0.15) is 0 Å². The van der Waals surface area contributed by atoms with Crippen LogP contribution < -0.4 is 0 Å². The highest BCUT2D eigenvalue weighted by Crippen LogP contribution is 2.26. The first-order valence-corrected chi connectivity index (χ1v) is 14.6. The Balaban J connectivity index is 1.37. The molecule has 0 aliphatic heterocycles. The van der Waals surface area contributed by atoms with Crippen LogP contribution in [0.1, 0.15) is 47.4 Å². The van der Waals surface area contributed by atoms with Gasteiger partial charge in [-0.15, -0.1) is 0 Å². The summed E-state index contributed by atoms with van der Waals surface area (Å²) in [5.74, 6) is 0.723. The van der Waals surface area contributed by atoms with E-state index < -0.39 is 0 Å². The van der Waals surface area contributed by atoms with Crippen molar-refractivity contribution in [1.82, 2.24) is 9.97 Å². The van der Waals surface area contributed by atoms with E-state index in [0.29, 0.717) is 0 Å². The summed E-state index contributed by atoms with van der Waals surface area (Å²) in [6, 6.07) is 37.7. The Bertz CT molecular complexity index is 1810. The Labute approximate surface area is 255 Å². The van der Waals surface area contributed by atoms with E-state index in [1.807, 2.05) is 38.2 Å². The Kier molecular flexibility index (Phi) is 9.33. The molecular weight excluding hydrogens is 522 g/mol. The minimum Gasteiger partial charge on any atom is -0.293 e. The zero-order valence-corrected chi connectivity index (χ0v) is 25.4. The molecule has 4 aromatic carbocycles. The SMILES string of the molecule is C=C(/C=C\c1ccc(/C(C)=C\C(C)=N/C)cc1C)c1ccc(-c2nc(Cc3ccccc3)cc(-c3ccccc3)n2)cc1. The fourth-order valence-corrected chi connectivity index (χ4v) is 4.97. The first-order chi connectivity index (χ1) is 20.9. The van der Waals surface area contributed by atoms with E-state index in [4.69, 9.17) is 9.97 Å². The third-order valence-corrected chi connectivity index (χ3v) is 7.56. The van der Waals surface area contributed by atoms with Crippen molar-refractivity contribution < 1.29 is 0 Å². The number of allylic oxidation sites excluding steroid dienone is 4. The van der Waals surface area contributed by atoms with E-state index in [9.17, 15) is 0 Å². The number of hydrogen-bond acceptors (Lipinski definition) is 3. The van der Waals surface area contributed by atoms with Crippen LogP contribution in [-0.2, 0) is 6.42 Å². The van der Waals surface area contributed by atoms with Crippen LogP contribution in [0.3, 0.4) is 0 Å². The predicted molar refractivity (Wildman–Crippen MR) is 184 cm³/mol. The van der Waals surface area contributed by atoms with Gasteiger partial charge in [-0.1, -0.05) is 122 Å². The molecule has 0 atom stereocenters. The summed E-state index contributed by atoms with van der Waals surface area (Å²) < 4.78 is 0. The van der Waals surface area contributed by atoms with E-state index in [0.717, 1.165) is 51.6 Å². The third kappa shape index (κ3) is 7.58. The molecule has 1 heterocycles. The molecule has 1 aromatic heterocycles. The molecule has 0 N–H and O–H groups in total. The maximum atomic E-state index is 4.97. The van der Waals surface area contributed by atoms with Gasteiger partial charge in [-0.05, 0) is 71.9 Å². The van der Waals surface area contributed by atoms with E-state index in [-0.39, 0.29) is 0 Å². The van der Waals surface area contributed by atoms with Crippen LogP contribution in [-0.4, -0.2) is 22.7 Å². The topological polar surface area (TPSA) is 38.1 Å². The molecule has 0 saturated heterocycles. The minimum atomic E-state index is 0.723. The van der Waals surface area contributed by atoms with Gasteiger partial charge in [-0.3, -0.25) is 4.99 Å². The lowest BCUT2D eigenvalue weighted by Gasteiger charge is -2.10. The number of nitrogens with zero attached hydrogens (tertiary/aromatic N) is 3. The van der Waals surface area contributed by atoms with Crippen molar-refractivity contribution in [3.05, 3.63) is 161 Å². The molecule has 0 amide bonds. The summed E-state index contributed by atoms with van der Waals surface area (Å²) in [6.45, 7) is 10.6. The molecule has 0 unspecified atom stereocenters. The van der Waals surface area contributed by atoms with Gasteiger partial charge >= 0.3 is 0 Å². The van der Waals surface area contributed by atoms with E-state index in [1.54, 1.807) is 0 Å². The second kappa shape index (κ2) is 13.7. The first-order valence-electron chi connectivity index (χ1n) is 14.6. The molecule has 0 bridgehead atoms. The Morgan fingerprint density at radius 2 is 1.44 bits per heavy atom. The molecule has 3 nitrogen and oxygen atoms in total. The smallest absolute Gasteiger partial charge is 0.160 e. The van der Waals surface area contributed by atoms with Crippen molar-refractivity contribution >= 4 is 22.9 Å². The molecule has 5 aromatic rings. The van der Waals surface area contributed by atoms with Crippen molar-refractivity contribution in [3.8, 4) is 22.6 Å². The highest BCUT2D eigenvalue weighted by atomic mass is 14.9. The van der Waals surface area contributed by atoms with Gasteiger partial charge in [0.25, 0.3) is 0 Å². The Hall–Kier alpha value is -5.15. The van der Waals surface area contributed by atoms with E-state index in [2.05, 4.69) is 129 Å². The van der Waals surface area contributed by atoms with Crippen LogP contribution in [0.15, 0.2) is 133 Å². The number of aryl methyl sites for hydroxylation is 1. The summed E-state index contributed by atoms with van der Waals surface area (Å²) >= 11 is 0. The fourth-order valence-electron chi connectivity index (χ4n) is 4.97. The van der Waals surface area contributed by atoms with Gasteiger partial charge < -0.3 is 0 Å². The molecule has 0 saturated carbocycles. The minimum absolute atomic E-state index is 0.723. The van der Waals surface area contributed by atoms with Crippen molar-refractivity contribution in [2.24, 2.45) is 4.99 Å². The van der Waals surface area contributed by atoms with E-state index in [1.165, 1.54) is 27.8 Å². The molecule has 43 heavy (non-hydrogen) atoms. The van der Waals surface area contributed by atoms with Crippen molar-refractivity contribution in [3.63, 3.8) is 0 Å². The Morgan fingerprint density at radius 1 is 0.767 bits per heavy atom. The highest BCUT2D eigenvalue weighted by molar-refractivity contribution is 5.98. The summed E-state index contributed by atoms with van der Waals surface area (Å²) in [5.41, 5.74) is 13.0. The first kappa shape index (κ1) is 29.3. The summed E-state index contributed by atoms with van der Waals surface area (Å²) in [5, 5.41) is 0. The summed E-state index contributed by atoms with van der Waals surface area (Å²) in [4.78, 5) is 14.2. The standard InChI is InChI=1S/C40H37N3/c1-28(16-17-34-20-23-37(25-30(34)3)29(2)24-31(4)41-5)33-18-21-36(22-19-33)40-42-38(26-32-12-8-6-9-13-32)27-39(43-40)35-14-10-7-11-15-35/h6-25,27H,1,26H2,2-5H3/b17-16-,29-24-,41-31-. The summed E-state index contributed by atoms with van der Waals surface area (Å²) in [7, 11) is 1.82. The number of rotatable bonds is 9. The van der Waals surface area contributed by atoms with Crippen molar-refractivity contribution in [2.45, 2.75) is 27.2 Å². The quantitative estimate of drug-likeness (QED) is 0.133.